The summed E-state index contributed by atoms with van der Waals surface area (Å²) < 4.78 is 13.7. The van der Waals surface area contributed by atoms with Gasteiger partial charge < -0.3 is 18.8 Å². The highest BCUT2D eigenvalue weighted by molar-refractivity contribution is 6.77. The molecule has 0 aromatic heterocycles. The number of aldehydes is 1. The number of carbonyl (C=O) groups is 1. The third kappa shape index (κ3) is 7.33. The summed E-state index contributed by atoms with van der Waals surface area (Å²) in [4.78, 5) is 12.7. The molecule has 0 heterocycles. The van der Waals surface area contributed by atoms with Gasteiger partial charge in [0, 0.05) is 30.3 Å². The van der Waals surface area contributed by atoms with Crippen LogP contribution in [0.4, 0.5) is 0 Å². The van der Waals surface area contributed by atoms with Crippen molar-refractivity contribution in [1.29, 1.82) is 0 Å². The molecule has 6 heteroatoms. The highest BCUT2D eigenvalue weighted by Gasteiger charge is 2.57. The Hall–Kier alpha value is -0.536. The van der Waals surface area contributed by atoms with Crippen LogP contribution in [0.1, 0.15) is 102 Å². The molecular weight excluding hydrogens is 529 g/mol. The van der Waals surface area contributed by atoms with E-state index < -0.39 is 22.7 Å². The van der Waals surface area contributed by atoms with E-state index in [1.165, 1.54) is 11.1 Å². The van der Waals surface area contributed by atoms with Crippen LogP contribution in [0, 0.1) is 29.6 Å². The van der Waals surface area contributed by atoms with E-state index in [0.717, 1.165) is 32.2 Å². The number of aliphatic hydroxyl groups is 1. The maximum absolute atomic E-state index is 12.7. The minimum Gasteiger partial charge on any atom is -0.417 e. The van der Waals surface area contributed by atoms with Crippen LogP contribution in [0.3, 0.4) is 0 Å². The number of hydrogen-bond acceptors (Lipinski definition) is 4. The molecular formula is C34H64O4Si2. The fraction of sp³-hybridized carbons (Fsp3) is 0.853. The molecule has 0 radical (unpaired) electrons. The van der Waals surface area contributed by atoms with Gasteiger partial charge in [0.15, 0.2) is 8.32 Å². The van der Waals surface area contributed by atoms with Crippen molar-refractivity contribution in [3.63, 3.8) is 0 Å². The van der Waals surface area contributed by atoms with E-state index >= 15 is 0 Å². The van der Waals surface area contributed by atoms with Gasteiger partial charge in [-0.3, -0.25) is 0 Å². The second-order valence-corrected chi connectivity index (χ2v) is 25.8. The lowest BCUT2D eigenvalue weighted by Gasteiger charge is -2.46. The molecule has 0 saturated heterocycles. The molecule has 0 aliphatic heterocycles. The predicted octanol–water partition coefficient (Wildman–Crippen LogP) is 9.32. The number of fused-ring (bicyclic) bond motifs is 1. The zero-order chi connectivity index (χ0) is 30.8. The number of carbonyl (C=O) groups excluding carboxylic acids is 1. The lowest BCUT2D eigenvalue weighted by Crippen LogP contribution is -2.52. The minimum atomic E-state index is -2.13. The number of allylic oxidation sites excluding steroid dienone is 3. The Morgan fingerprint density at radius 3 is 2.10 bits per heavy atom. The summed E-state index contributed by atoms with van der Waals surface area (Å²) in [7, 11) is -3.83. The van der Waals surface area contributed by atoms with E-state index in [4.69, 9.17) is 8.85 Å². The first-order valence-corrected chi connectivity index (χ1v) is 21.2. The van der Waals surface area contributed by atoms with Gasteiger partial charge in [-0.25, -0.2) is 0 Å². The smallest absolute Gasteiger partial charge is 0.200 e. The number of aliphatic hydroxyl groups excluding tert-OH is 1. The number of hydrogen-bond donors (Lipinski definition) is 1. The van der Waals surface area contributed by atoms with Crippen LogP contribution in [0.2, 0.25) is 34.8 Å². The molecule has 0 bridgehead atoms. The summed E-state index contributed by atoms with van der Waals surface area (Å²) >= 11 is 0. The summed E-state index contributed by atoms with van der Waals surface area (Å²) in [6, 6.07) is 0. The van der Waals surface area contributed by atoms with Crippen molar-refractivity contribution in [2.75, 3.05) is 6.61 Å². The van der Waals surface area contributed by atoms with Crippen LogP contribution >= 0.6 is 0 Å². The molecule has 2 aliphatic carbocycles. The van der Waals surface area contributed by atoms with Crippen LogP contribution in [0.15, 0.2) is 23.3 Å². The van der Waals surface area contributed by atoms with Gasteiger partial charge in [-0.15, -0.1) is 0 Å². The van der Waals surface area contributed by atoms with Gasteiger partial charge in [0.2, 0.25) is 8.32 Å². The lowest BCUT2D eigenvalue weighted by molar-refractivity contribution is -0.116. The summed E-state index contributed by atoms with van der Waals surface area (Å²) in [5.41, 5.74) is 4.10. The molecule has 7 atom stereocenters. The van der Waals surface area contributed by atoms with E-state index in [2.05, 4.69) is 108 Å². The molecule has 0 amide bonds. The van der Waals surface area contributed by atoms with Crippen LogP contribution in [0.5, 0.6) is 0 Å². The average molecular weight is 593 g/mol. The van der Waals surface area contributed by atoms with Gasteiger partial charge in [-0.1, -0.05) is 92.5 Å². The van der Waals surface area contributed by atoms with Crippen molar-refractivity contribution in [3.8, 4) is 0 Å². The third-order valence-electron chi connectivity index (χ3n) is 11.1. The van der Waals surface area contributed by atoms with E-state index in [-0.39, 0.29) is 40.7 Å². The maximum atomic E-state index is 12.7. The van der Waals surface area contributed by atoms with Crippen LogP contribution in [-0.4, -0.2) is 46.8 Å². The maximum Gasteiger partial charge on any atom is 0.200 e. The highest BCUT2D eigenvalue weighted by atomic mass is 28.4. The fourth-order valence-corrected chi connectivity index (χ4v) is 14.5. The molecule has 0 spiro atoms. The zero-order valence-electron chi connectivity index (χ0n) is 28.5. The molecule has 1 fully saturated rings. The Balaban J connectivity index is 2.20. The molecule has 4 nitrogen and oxygen atoms in total. The fourth-order valence-electron chi connectivity index (χ4n) is 7.71. The molecule has 0 unspecified atom stereocenters. The molecule has 0 aromatic rings. The summed E-state index contributed by atoms with van der Waals surface area (Å²) in [5, 5.41) is 11.8. The monoisotopic (exact) mass is 592 g/mol. The molecule has 232 valence electrons. The third-order valence-corrected chi connectivity index (χ3v) is 21.8. The second-order valence-electron chi connectivity index (χ2n) is 15.6. The zero-order valence-corrected chi connectivity index (χ0v) is 30.5. The van der Waals surface area contributed by atoms with E-state index in [0.29, 0.717) is 16.6 Å². The van der Waals surface area contributed by atoms with E-state index in [1.54, 1.807) is 0 Å². The Morgan fingerprint density at radius 2 is 1.62 bits per heavy atom. The first kappa shape index (κ1) is 35.7. The van der Waals surface area contributed by atoms with Gasteiger partial charge in [0.25, 0.3) is 0 Å². The molecule has 2 aliphatic rings. The highest BCUT2D eigenvalue weighted by Crippen LogP contribution is 2.54. The SMILES string of the molecule is CC1=C[C@H]2[C@@H](O[Si](C(C)C)(C(C)C)C(C)C)[C@H](C)[C@H](O)[C@@H]2[C@@H](C=O)[C@H]1C/C=C(\C)CCCO[Si](C)(C)C(C)(C)C. The predicted molar refractivity (Wildman–Crippen MR) is 176 cm³/mol. The molecule has 1 saturated carbocycles. The second kappa shape index (κ2) is 13.8. The van der Waals surface area contributed by atoms with Crippen molar-refractivity contribution < 1.29 is 18.8 Å². The average Bonchev–Trinajstić information content (AvgIpc) is 3.05. The van der Waals surface area contributed by atoms with Crippen LogP contribution < -0.4 is 0 Å². The molecule has 2 rings (SSSR count). The first-order valence-electron chi connectivity index (χ1n) is 16.1. The van der Waals surface area contributed by atoms with Gasteiger partial charge in [0.1, 0.15) is 6.29 Å². The first-order chi connectivity index (χ1) is 18.3. The van der Waals surface area contributed by atoms with E-state index in [1.807, 2.05) is 0 Å². The topological polar surface area (TPSA) is 55.8 Å². The molecule has 0 aromatic carbocycles. The Morgan fingerprint density at radius 1 is 1.07 bits per heavy atom. The lowest BCUT2D eigenvalue weighted by atomic mass is 9.67. The minimum absolute atomic E-state index is 0.0153. The summed E-state index contributed by atoms with van der Waals surface area (Å²) in [6.45, 7) is 32.7. The number of rotatable bonds is 13. The van der Waals surface area contributed by atoms with Crippen LogP contribution in [0.25, 0.3) is 0 Å². The normalized spacial score (nSPS) is 30.3. The summed E-state index contributed by atoms with van der Waals surface area (Å²) in [5.74, 6) is -0.00455. The van der Waals surface area contributed by atoms with Gasteiger partial charge in [-0.2, -0.15) is 0 Å². The van der Waals surface area contributed by atoms with Crippen molar-refractivity contribution in [3.05, 3.63) is 23.3 Å². The van der Waals surface area contributed by atoms with Gasteiger partial charge >= 0.3 is 0 Å². The quantitative estimate of drug-likeness (QED) is 0.100. The Bertz CT molecular complexity index is 876. The molecule has 1 N–H and O–H groups in total. The van der Waals surface area contributed by atoms with Crippen molar-refractivity contribution >= 4 is 22.9 Å². The van der Waals surface area contributed by atoms with E-state index in [9.17, 15) is 9.90 Å². The Labute approximate surface area is 250 Å². The van der Waals surface area contributed by atoms with Crippen molar-refractivity contribution in [1.82, 2.24) is 0 Å². The molecule has 40 heavy (non-hydrogen) atoms. The Kier molecular flexibility index (Phi) is 12.3. The van der Waals surface area contributed by atoms with Crippen molar-refractivity contribution in [2.45, 2.75) is 149 Å². The standard InChI is InChI=1S/C34H64O4Si2/c1-22(2)40(23(3)4,24(5)6)38-33-27(9)32(36)31-29(33)20-26(8)28(30(31)21-35)18-17-25(7)16-15-19-37-39(13,14)34(10,11)12/h17,20-24,27-33,36H,15-16,18-19H2,1-14H3/b25-17+/t27-,28+,29-,30+,31+,32+,33+/m1/s1. The largest absolute Gasteiger partial charge is 0.417 e. The summed E-state index contributed by atoms with van der Waals surface area (Å²) in [6.07, 6.45) is 8.19. The van der Waals surface area contributed by atoms with Gasteiger partial charge in [-0.05, 0) is 73.8 Å². The van der Waals surface area contributed by atoms with Gasteiger partial charge in [0.05, 0.1) is 12.2 Å². The van der Waals surface area contributed by atoms with Crippen LogP contribution in [-0.2, 0) is 13.6 Å². The van der Waals surface area contributed by atoms with Crippen molar-refractivity contribution in [2.24, 2.45) is 29.6 Å².